The van der Waals surface area contributed by atoms with Gasteiger partial charge in [0.1, 0.15) is 11.9 Å². The number of hydrogen-bond acceptors (Lipinski definition) is 4. The van der Waals surface area contributed by atoms with Gasteiger partial charge in [0.2, 0.25) is 0 Å². The number of likely N-dealkylation sites (N-methyl/N-ethyl adjacent to an activating group) is 1. The van der Waals surface area contributed by atoms with E-state index in [9.17, 15) is 9.90 Å². The summed E-state index contributed by atoms with van der Waals surface area (Å²) in [5.41, 5.74) is 1.75. The molecule has 21 heavy (non-hydrogen) atoms. The Morgan fingerprint density at radius 2 is 2.29 bits per heavy atom. The Morgan fingerprint density at radius 1 is 1.52 bits per heavy atom. The van der Waals surface area contributed by atoms with Crippen LogP contribution in [-0.4, -0.2) is 39.2 Å². The summed E-state index contributed by atoms with van der Waals surface area (Å²) in [6, 6.07) is 6.95. The van der Waals surface area contributed by atoms with Crippen molar-refractivity contribution in [3.63, 3.8) is 0 Å². The molecule has 1 heterocycles. The molecule has 0 aliphatic carbocycles. The molecule has 0 radical (unpaired) electrons. The van der Waals surface area contributed by atoms with Gasteiger partial charge in [0.15, 0.2) is 0 Å². The molecule has 0 spiro atoms. The molecule has 0 bridgehead atoms. The van der Waals surface area contributed by atoms with Crippen LogP contribution in [0.3, 0.4) is 0 Å². The van der Waals surface area contributed by atoms with E-state index in [0.29, 0.717) is 6.54 Å². The maximum absolute atomic E-state index is 11.7. The molecule has 0 unspecified atom stereocenters. The van der Waals surface area contributed by atoms with Crippen molar-refractivity contribution in [3.8, 4) is 0 Å². The van der Waals surface area contributed by atoms with E-state index in [-0.39, 0.29) is 0 Å². The summed E-state index contributed by atoms with van der Waals surface area (Å²) in [6.07, 6.45) is 3.72. The lowest BCUT2D eigenvalue weighted by Gasteiger charge is -2.24. The van der Waals surface area contributed by atoms with Gasteiger partial charge in [-0.15, -0.1) is 11.8 Å². The fourth-order valence-electron chi connectivity index (χ4n) is 2.27. The Labute approximate surface area is 128 Å². The lowest BCUT2D eigenvalue weighted by atomic mass is 10.1. The molecule has 1 atom stereocenters. The second kappa shape index (κ2) is 6.78. The zero-order chi connectivity index (χ0) is 15.4. The van der Waals surface area contributed by atoms with Crippen molar-refractivity contribution in [2.24, 2.45) is 0 Å². The van der Waals surface area contributed by atoms with Crippen molar-refractivity contribution in [3.05, 3.63) is 47.5 Å². The highest BCUT2D eigenvalue weighted by Gasteiger charge is 2.25. The Kier molecular flexibility index (Phi) is 5.03. The minimum atomic E-state index is -0.862. The van der Waals surface area contributed by atoms with Crippen LogP contribution >= 0.6 is 11.8 Å². The van der Waals surface area contributed by atoms with Gasteiger partial charge in [-0.25, -0.2) is 4.98 Å². The number of aromatic nitrogens is 2. The van der Waals surface area contributed by atoms with Gasteiger partial charge in [-0.1, -0.05) is 12.1 Å². The van der Waals surface area contributed by atoms with Crippen molar-refractivity contribution < 1.29 is 9.90 Å². The number of aromatic amines is 1. The predicted molar refractivity (Wildman–Crippen MR) is 83.4 cm³/mol. The average molecular weight is 305 g/mol. The summed E-state index contributed by atoms with van der Waals surface area (Å²) in [5.74, 6) is -0.0960. The topological polar surface area (TPSA) is 69.2 Å². The van der Waals surface area contributed by atoms with Crippen LogP contribution in [-0.2, 0) is 11.3 Å². The molecule has 2 rings (SSSR count). The quantitative estimate of drug-likeness (QED) is 0.803. The zero-order valence-corrected chi connectivity index (χ0v) is 13.1. The number of hydrogen-bond donors (Lipinski definition) is 2. The van der Waals surface area contributed by atoms with E-state index in [0.717, 1.165) is 22.0 Å². The van der Waals surface area contributed by atoms with Crippen LogP contribution in [0.15, 0.2) is 35.4 Å². The average Bonchev–Trinajstić information content (AvgIpc) is 2.84. The lowest BCUT2D eigenvalue weighted by Crippen LogP contribution is -2.30. The van der Waals surface area contributed by atoms with E-state index in [2.05, 4.69) is 9.97 Å². The highest BCUT2D eigenvalue weighted by atomic mass is 32.2. The summed E-state index contributed by atoms with van der Waals surface area (Å²) < 4.78 is 0. The molecular formula is C15H19N3O2S. The Morgan fingerprint density at radius 3 is 2.86 bits per heavy atom. The smallest absolute Gasteiger partial charge is 0.325 e. The van der Waals surface area contributed by atoms with Gasteiger partial charge in [-0.3, -0.25) is 9.69 Å². The lowest BCUT2D eigenvalue weighted by molar-refractivity contribution is -0.143. The number of nitrogens with one attached hydrogen (secondary N) is 1. The molecule has 2 N–H and O–H groups in total. The van der Waals surface area contributed by atoms with Crippen molar-refractivity contribution in [1.29, 1.82) is 0 Å². The second-order valence-corrected chi connectivity index (χ2v) is 5.83. The number of carboxylic acid groups (broad SMARTS) is 1. The van der Waals surface area contributed by atoms with Gasteiger partial charge in [0.05, 0.1) is 6.54 Å². The summed E-state index contributed by atoms with van der Waals surface area (Å²) in [7, 11) is 1.79. The van der Waals surface area contributed by atoms with Gasteiger partial charge >= 0.3 is 5.97 Å². The van der Waals surface area contributed by atoms with Crippen LogP contribution < -0.4 is 0 Å². The van der Waals surface area contributed by atoms with Crippen LogP contribution in [0, 0.1) is 6.92 Å². The van der Waals surface area contributed by atoms with Crippen molar-refractivity contribution in [2.75, 3.05) is 13.3 Å². The van der Waals surface area contributed by atoms with Gasteiger partial charge in [0, 0.05) is 16.8 Å². The van der Waals surface area contributed by atoms with Crippen LogP contribution in [0.1, 0.15) is 23.1 Å². The fraction of sp³-hybridized carbons (Fsp3) is 0.333. The van der Waals surface area contributed by atoms with E-state index in [1.807, 2.05) is 37.4 Å². The van der Waals surface area contributed by atoms with E-state index in [1.54, 1.807) is 29.9 Å². The highest BCUT2D eigenvalue weighted by molar-refractivity contribution is 7.98. The standard InChI is InChI=1S/C15H19N3O2S/c1-10-8-16-13(17-10)9-18(2)14(15(19)20)11-5-4-6-12(7-11)21-3/h4-8,14H,9H2,1-3H3,(H,16,17)(H,19,20)/t14-/m0/s1. The molecule has 6 heteroatoms. The van der Waals surface area contributed by atoms with Crippen molar-refractivity contribution >= 4 is 17.7 Å². The molecule has 2 aromatic rings. The molecule has 0 aliphatic heterocycles. The van der Waals surface area contributed by atoms with Crippen LogP contribution in [0.2, 0.25) is 0 Å². The molecule has 0 aliphatic rings. The molecule has 1 aromatic heterocycles. The highest BCUT2D eigenvalue weighted by Crippen LogP contribution is 2.25. The minimum Gasteiger partial charge on any atom is -0.480 e. The van der Waals surface area contributed by atoms with E-state index < -0.39 is 12.0 Å². The number of carbonyl (C=O) groups is 1. The number of carboxylic acids is 1. The fourth-order valence-corrected chi connectivity index (χ4v) is 2.74. The first kappa shape index (κ1) is 15.6. The normalized spacial score (nSPS) is 12.6. The maximum Gasteiger partial charge on any atom is 0.325 e. The number of H-pyrrole nitrogens is 1. The first-order chi connectivity index (χ1) is 10.0. The van der Waals surface area contributed by atoms with Gasteiger partial charge in [-0.2, -0.15) is 0 Å². The Bertz CT molecular complexity index is 627. The number of aliphatic carboxylic acids is 1. The van der Waals surface area contributed by atoms with Crippen molar-refractivity contribution in [1.82, 2.24) is 14.9 Å². The van der Waals surface area contributed by atoms with Crippen LogP contribution in [0.5, 0.6) is 0 Å². The Hall–Kier alpha value is -1.79. The summed E-state index contributed by atoms with van der Waals surface area (Å²) >= 11 is 1.60. The number of rotatable bonds is 6. The SMILES string of the molecule is CSc1cccc([C@@H](C(=O)O)N(C)Cc2ncc(C)[nH]2)c1. The number of nitrogens with zero attached hydrogens (tertiary/aromatic N) is 2. The van der Waals surface area contributed by atoms with E-state index >= 15 is 0 Å². The maximum atomic E-state index is 11.7. The molecular weight excluding hydrogens is 286 g/mol. The summed E-state index contributed by atoms with van der Waals surface area (Å²) in [5, 5.41) is 9.56. The molecule has 0 fully saturated rings. The number of imidazole rings is 1. The third kappa shape index (κ3) is 3.86. The monoisotopic (exact) mass is 305 g/mol. The summed E-state index contributed by atoms with van der Waals surface area (Å²) in [4.78, 5) is 21.8. The molecule has 1 aromatic carbocycles. The molecule has 0 saturated carbocycles. The van der Waals surface area contributed by atoms with Gasteiger partial charge < -0.3 is 10.1 Å². The second-order valence-electron chi connectivity index (χ2n) is 4.95. The first-order valence-corrected chi connectivity index (χ1v) is 7.81. The number of benzene rings is 1. The largest absolute Gasteiger partial charge is 0.480 e. The molecule has 0 amide bonds. The number of thioether (sulfide) groups is 1. The zero-order valence-electron chi connectivity index (χ0n) is 12.3. The van der Waals surface area contributed by atoms with E-state index in [1.165, 1.54) is 0 Å². The van der Waals surface area contributed by atoms with Crippen LogP contribution in [0.4, 0.5) is 0 Å². The molecule has 112 valence electrons. The van der Waals surface area contributed by atoms with E-state index in [4.69, 9.17) is 0 Å². The minimum absolute atomic E-state index is 0.453. The van der Waals surface area contributed by atoms with Crippen LogP contribution in [0.25, 0.3) is 0 Å². The first-order valence-electron chi connectivity index (χ1n) is 6.58. The molecule has 5 nitrogen and oxygen atoms in total. The van der Waals surface area contributed by atoms with Crippen molar-refractivity contribution in [2.45, 2.75) is 24.4 Å². The van der Waals surface area contributed by atoms with Gasteiger partial charge in [-0.05, 0) is 37.9 Å². The predicted octanol–water partition coefficient (Wildman–Crippen LogP) is 2.70. The molecule has 0 saturated heterocycles. The third-order valence-corrected chi connectivity index (χ3v) is 3.96. The third-order valence-electron chi connectivity index (χ3n) is 3.24. The summed E-state index contributed by atoms with van der Waals surface area (Å²) in [6.45, 7) is 2.38. The number of aryl methyl sites for hydroxylation is 1. The Balaban J connectivity index is 2.23. The van der Waals surface area contributed by atoms with Gasteiger partial charge in [0.25, 0.3) is 0 Å².